The van der Waals surface area contributed by atoms with E-state index in [1.165, 1.54) is 22.1 Å². The number of rotatable bonds is 6. The van der Waals surface area contributed by atoms with Gasteiger partial charge in [-0.3, -0.25) is 4.79 Å². The van der Waals surface area contributed by atoms with E-state index in [-0.39, 0.29) is 16.7 Å². The fraction of sp³-hybridized carbons (Fsp3) is 0.478. The van der Waals surface area contributed by atoms with Crippen LogP contribution in [0.5, 0.6) is 0 Å². The molecule has 5 rings (SSSR count). The van der Waals surface area contributed by atoms with E-state index in [2.05, 4.69) is 20.4 Å². The monoisotopic (exact) mass is 501 g/mol. The molecule has 0 aromatic carbocycles. The van der Waals surface area contributed by atoms with E-state index in [1.807, 2.05) is 19.1 Å². The van der Waals surface area contributed by atoms with Crippen LogP contribution in [0.25, 0.3) is 10.7 Å². The van der Waals surface area contributed by atoms with Crippen LogP contribution >= 0.6 is 11.3 Å². The fourth-order valence-electron chi connectivity index (χ4n) is 4.32. The number of piperidine rings is 1. The van der Waals surface area contributed by atoms with Gasteiger partial charge < -0.3 is 9.84 Å². The largest absolute Gasteiger partial charge is 0.339 e. The number of carbonyl (C=O) groups is 1. The highest BCUT2D eigenvalue weighted by Gasteiger charge is 2.34. The predicted molar refractivity (Wildman–Crippen MR) is 128 cm³/mol. The van der Waals surface area contributed by atoms with Gasteiger partial charge in [0, 0.05) is 36.0 Å². The van der Waals surface area contributed by atoms with Crippen LogP contribution in [0, 0.1) is 19.8 Å². The average molecular weight is 502 g/mol. The van der Waals surface area contributed by atoms with Crippen molar-refractivity contribution in [1.82, 2.24) is 19.4 Å². The molecule has 4 heterocycles. The van der Waals surface area contributed by atoms with Gasteiger partial charge in [0.05, 0.1) is 9.77 Å². The van der Waals surface area contributed by atoms with E-state index in [1.54, 1.807) is 19.2 Å². The van der Waals surface area contributed by atoms with Crippen molar-refractivity contribution < 1.29 is 17.7 Å². The van der Waals surface area contributed by atoms with Gasteiger partial charge in [-0.25, -0.2) is 13.4 Å². The minimum atomic E-state index is -3.68. The van der Waals surface area contributed by atoms with Crippen LogP contribution in [0.3, 0.4) is 0 Å². The molecule has 0 bridgehead atoms. The van der Waals surface area contributed by atoms with Crippen LogP contribution in [0.2, 0.25) is 0 Å². The third kappa shape index (κ3) is 4.51. The number of nitrogens with one attached hydrogen (secondary N) is 1. The van der Waals surface area contributed by atoms with Gasteiger partial charge >= 0.3 is 0 Å². The molecule has 0 radical (unpaired) electrons. The molecule has 1 saturated heterocycles. The Morgan fingerprint density at radius 3 is 2.62 bits per heavy atom. The van der Waals surface area contributed by atoms with Crippen molar-refractivity contribution in [3.63, 3.8) is 0 Å². The first-order valence-corrected chi connectivity index (χ1v) is 13.7. The highest BCUT2D eigenvalue weighted by molar-refractivity contribution is 7.89. The highest BCUT2D eigenvalue weighted by Crippen LogP contribution is 2.38. The van der Waals surface area contributed by atoms with E-state index in [4.69, 9.17) is 4.52 Å². The van der Waals surface area contributed by atoms with Crippen LogP contribution in [0.1, 0.15) is 54.4 Å². The molecule has 0 spiro atoms. The molecule has 0 unspecified atom stereocenters. The number of amides is 1. The molecule has 180 valence electrons. The second-order valence-electron chi connectivity index (χ2n) is 9.00. The number of aryl methyl sites for hydroxylation is 2. The minimum Gasteiger partial charge on any atom is -0.339 e. The highest BCUT2D eigenvalue weighted by atomic mass is 32.2. The summed E-state index contributed by atoms with van der Waals surface area (Å²) >= 11 is 1.35. The maximum absolute atomic E-state index is 13.4. The zero-order valence-corrected chi connectivity index (χ0v) is 20.8. The molecule has 2 fully saturated rings. The topological polar surface area (TPSA) is 118 Å². The van der Waals surface area contributed by atoms with Crippen LogP contribution in [-0.4, -0.2) is 46.8 Å². The van der Waals surface area contributed by atoms with Crippen molar-refractivity contribution in [3.8, 4) is 10.7 Å². The van der Waals surface area contributed by atoms with E-state index in [0.29, 0.717) is 59.1 Å². The molecule has 11 heteroatoms. The summed E-state index contributed by atoms with van der Waals surface area (Å²) in [6.45, 7) is 4.31. The van der Waals surface area contributed by atoms with E-state index in [0.717, 1.165) is 18.4 Å². The van der Waals surface area contributed by atoms with Gasteiger partial charge in [-0.2, -0.15) is 9.29 Å². The van der Waals surface area contributed by atoms with Crippen molar-refractivity contribution in [2.45, 2.75) is 56.8 Å². The lowest BCUT2D eigenvalue weighted by molar-refractivity contribution is -0.120. The Kier molecular flexibility index (Phi) is 6.26. The lowest BCUT2D eigenvalue weighted by Crippen LogP contribution is -2.41. The third-order valence-corrected chi connectivity index (χ3v) is 9.80. The summed E-state index contributed by atoms with van der Waals surface area (Å²) in [5.41, 5.74) is 1.01. The number of thiophene rings is 1. The summed E-state index contributed by atoms with van der Waals surface area (Å²) in [4.78, 5) is 23.0. The van der Waals surface area contributed by atoms with E-state index < -0.39 is 10.0 Å². The number of carbonyl (C=O) groups excluding carboxylic acids is 1. The van der Waals surface area contributed by atoms with Crippen LogP contribution in [0.4, 0.5) is 5.82 Å². The molecule has 1 saturated carbocycles. The summed E-state index contributed by atoms with van der Waals surface area (Å²) in [6.07, 6.45) is 5.86. The number of nitrogens with zero attached hydrogens (tertiary/aromatic N) is 4. The van der Waals surface area contributed by atoms with Gasteiger partial charge in [0.1, 0.15) is 5.82 Å². The Bertz CT molecular complexity index is 1300. The van der Waals surface area contributed by atoms with Gasteiger partial charge in [0.25, 0.3) is 0 Å². The van der Waals surface area contributed by atoms with Crippen molar-refractivity contribution in [2.24, 2.45) is 5.92 Å². The molecule has 1 aliphatic heterocycles. The Morgan fingerprint density at radius 1 is 1.18 bits per heavy atom. The molecule has 1 amide bonds. The van der Waals surface area contributed by atoms with Gasteiger partial charge in [-0.05, 0) is 63.3 Å². The smallest absolute Gasteiger partial charge is 0.244 e. The quantitative estimate of drug-likeness (QED) is 0.540. The summed E-state index contributed by atoms with van der Waals surface area (Å²) in [6, 6.07) is 5.32. The van der Waals surface area contributed by atoms with E-state index >= 15 is 0 Å². The minimum absolute atomic E-state index is 0.122. The first kappa shape index (κ1) is 23.1. The lowest BCUT2D eigenvalue weighted by atomic mass is 9.85. The van der Waals surface area contributed by atoms with Gasteiger partial charge in [-0.1, -0.05) is 11.6 Å². The second-order valence-corrected chi connectivity index (χ2v) is 12.2. The SMILES string of the molecule is Cc1ccnc(NC(=O)C2CCN(S(=O)(=O)c3cc(-c4noc(C5CCC5)n4)sc3C)CC2)c1. The Hall–Kier alpha value is -2.63. The maximum Gasteiger partial charge on any atom is 0.244 e. The van der Waals surface area contributed by atoms with Gasteiger partial charge in [-0.15, -0.1) is 11.3 Å². The van der Waals surface area contributed by atoms with Crippen LogP contribution in [0.15, 0.2) is 33.8 Å². The number of anilines is 1. The summed E-state index contributed by atoms with van der Waals surface area (Å²) in [7, 11) is -3.68. The summed E-state index contributed by atoms with van der Waals surface area (Å²) in [5.74, 6) is 1.55. The Labute approximate surface area is 202 Å². The summed E-state index contributed by atoms with van der Waals surface area (Å²) < 4.78 is 33.6. The number of aromatic nitrogens is 3. The molecule has 0 atom stereocenters. The predicted octanol–water partition coefficient (Wildman–Crippen LogP) is 4.12. The fourth-order valence-corrected chi connectivity index (χ4v) is 7.27. The Balaban J connectivity index is 1.25. The molecule has 2 aliphatic rings. The number of hydrogen-bond donors (Lipinski definition) is 1. The first-order chi connectivity index (χ1) is 16.3. The molecule has 34 heavy (non-hydrogen) atoms. The number of hydrogen-bond acceptors (Lipinski definition) is 8. The molecular weight excluding hydrogens is 474 g/mol. The summed E-state index contributed by atoms with van der Waals surface area (Å²) in [5, 5.41) is 6.92. The number of pyridine rings is 1. The standard InChI is InChI=1S/C23H27N5O4S2/c1-14-6-9-24-20(12-14)25-22(29)16-7-10-28(11-8-16)34(30,31)19-13-18(33-15(19)2)21-26-23(32-27-21)17-4-3-5-17/h6,9,12-13,16-17H,3-5,7-8,10-11H2,1-2H3,(H,24,25,29). The normalized spacial score (nSPS) is 18.1. The van der Waals surface area contributed by atoms with Gasteiger partial charge in [0.15, 0.2) is 0 Å². The number of sulfonamides is 1. The lowest BCUT2D eigenvalue weighted by Gasteiger charge is -2.30. The first-order valence-electron chi connectivity index (χ1n) is 11.5. The van der Waals surface area contributed by atoms with Crippen LogP contribution < -0.4 is 5.32 Å². The zero-order chi connectivity index (χ0) is 23.9. The molecule has 3 aromatic heterocycles. The van der Waals surface area contributed by atoms with Crippen molar-refractivity contribution >= 4 is 33.1 Å². The molecular formula is C23H27N5O4S2. The third-order valence-electron chi connectivity index (χ3n) is 6.60. The molecule has 1 N–H and O–H groups in total. The molecule has 3 aromatic rings. The second kappa shape index (κ2) is 9.20. The Morgan fingerprint density at radius 2 is 1.94 bits per heavy atom. The maximum atomic E-state index is 13.4. The average Bonchev–Trinajstić information content (AvgIpc) is 3.40. The van der Waals surface area contributed by atoms with Crippen LogP contribution in [-0.2, 0) is 14.8 Å². The van der Waals surface area contributed by atoms with Crippen molar-refractivity contribution in [1.29, 1.82) is 0 Å². The molecule has 1 aliphatic carbocycles. The van der Waals surface area contributed by atoms with E-state index in [9.17, 15) is 13.2 Å². The molecule has 9 nitrogen and oxygen atoms in total. The van der Waals surface area contributed by atoms with Gasteiger partial charge in [0.2, 0.25) is 27.6 Å². The van der Waals surface area contributed by atoms with Crippen molar-refractivity contribution in [2.75, 3.05) is 18.4 Å². The zero-order valence-electron chi connectivity index (χ0n) is 19.2. The van der Waals surface area contributed by atoms with Crippen molar-refractivity contribution in [3.05, 3.63) is 40.7 Å².